The van der Waals surface area contributed by atoms with Crippen LogP contribution in [0, 0.1) is 0 Å². The monoisotopic (exact) mass is 550 g/mol. The Kier molecular flexibility index (Phi) is 6.17. The van der Waals surface area contributed by atoms with Crippen molar-refractivity contribution in [3.8, 4) is 23.0 Å². The molecule has 3 aromatic carbocycles. The molecule has 0 saturated carbocycles. The molecule has 0 aliphatic heterocycles. The van der Waals surface area contributed by atoms with Crippen LogP contribution >= 0.6 is 0 Å². The molecule has 0 unspecified atom stereocenters. The van der Waals surface area contributed by atoms with E-state index in [0.717, 1.165) is 22.1 Å². The van der Waals surface area contributed by atoms with E-state index in [9.17, 15) is 9.59 Å². The average Bonchev–Trinajstić information content (AvgIpc) is 3.67. The van der Waals surface area contributed by atoms with Crippen LogP contribution in [0.15, 0.2) is 109 Å². The predicted octanol–water partition coefficient (Wildman–Crippen LogP) is 6.07. The SMILES string of the molecule is O=C(Nc1ccccc1NC(=O)c1cccc(-c2nc3ccccc3[nH]2)n1)c1cccc(-c2nc3ccccc3[nH]2)n1. The molecule has 0 aliphatic carbocycles. The lowest BCUT2D eigenvalue weighted by Gasteiger charge is -2.12. The molecule has 7 rings (SSSR count). The Hall–Kier alpha value is -6.16. The first-order valence-electron chi connectivity index (χ1n) is 13.2. The zero-order valence-electron chi connectivity index (χ0n) is 22.0. The molecule has 0 fully saturated rings. The number of para-hydroxylation sites is 6. The molecule has 0 spiro atoms. The molecule has 0 aliphatic rings. The summed E-state index contributed by atoms with van der Waals surface area (Å²) in [4.78, 5) is 51.1. The molecule has 202 valence electrons. The number of imidazole rings is 2. The van der Waals surface area contributed by atoms with Gasteiger partial charge in [0.15, 0.2) is 11.6 Å². The van der Waals surface area contributed by atoms with Gasteiger partial charge in [0, 0.05) is 0 Å². The molecule has 2 amide bonds. The van der Waals surface area contributed by atoms with Crippen LogP contribution in [-0.2, 0) is 0 Å². The van der Waals surface area contributed by atoms with Crippen LogP contribution in [0.25, 0.3) is 45.1 Å². The Morgan fingerprint density at radius 2 is 0.905 bits per heavy atom. The molecule has 7 aromatic rings. The van der Waals surface area contributed by atoms with E-state index in [1.54, 1.807) is 60.7 Å². The van der Waals surface area contributed by atoms with Crippen molar-refractivity contribution >= 4 is 45.3 Å². The van der Waals surface area contributed by atoms with Gasteiger partial charge in [0.25, 0.3) is 11.8 Å². The molecule has 4 N–H and O–H groups in total. The van der Waals surface area contributed by atoms with Gasteiger partial charge in [0.2, 0.25) is 0 Å². The minimum atomic E-state index is -0.431. The molecule has 42 heavy (non-hydrogen) atoms. The Morgan fingerprint density at radius 1 is 0.476 bits per heavy atom. The highest BCUT2D eigenvalue weighted by Crippen LogP contribution is 2.24. The molecule has 0 saturated heterocycles. The van der Waals surface area contributed by atoms with E-state index in [2.05, 4.69) is 40.5 Å². The Bertz CT molecular complexity index is 1900. The maximum atomic E-state index is 13.2. The third-order valence-corrected chi connectivity index (χ3v) is 6.65. The van der Waals surface area contributed by atoms with Gasteiger partial charge in [-0.3, -0.25) is 9.59 Å². The number of carbonyl (C=O) groups is 2. The van der Waals surface area contributed by atoms with Crippen molar-refractivity contribution in [1.82, 2.24) is 29.9 Å². The van der Waals surface area contributed by atoms with Crippen molar-refractivity contribution in [2.75, 3.05) is 10.6 Å². The molecule has 0 bridgehead atoms. The van der Waals surface area contributed by atoms with Crippen molar-refractivity contribution in [3.63, 3.8) is 0 Å². The van der Waals surface area contributed by atoms with Gasteiger partial charge in [-0.1, -0.05) is 48.5 Å². The number of pyridine rings is 2. The van der Waals surface area contributed by atoms with Crippen molar-refractivity contribution in [2.45, 2.75) is 0 Å². The first kappa shape index (κ1) is 24.9. The van der Waals surface area contributed by atoms with E-state index >= 15 is 0 Å². The van der Waals surface area contributed by atoms with Crippen LogP contribution in [0.2, 0.25) is 0 Å². The number of nitrogens with zero attached hydrogens (tertiary/aromatic N) is 4. The number of amides is 2. The lowest BCUT2D eigenvalue weighted by Crippen LogP contribution is -2.18. The molecule has 0 radical (unpaired) electrons. The summed E-state index contributed by atoms with van der Waals surface area (Å²) in [6, 6.07) is 32.6. The van der Waals surface area contributed by atoms with Crippen LogP contribution in [0.3, 0.4) is 0 Å². The van der Waals surface area contributed by atoms with Gasteiger partial charge in [0.05, 0.1) is 33.4 Å². The van der Waals surface area contributed by atoms with Crippen molar-refractivity contribution in [2.24, 2.45) is 0 Å². The van der Waals surface area contributed by atoms with E-state index in [0.29, 0.717) is 34.4 Å². The Labute approximate surface area is 238 Å². The summed E-state index contributed by atoms with van der Waals surface area (Å²) >= 11 is 0. The van der Waals surface area contributed by atoms with Crippen LogP contribution in [0.4, 0.5) is 11.4 Å². The van der Waals surface area contributed by atoms with Gasteiger partial charge >= 0.3 is 0 Å². The maximum Gasteiger partial charge on any atom is 0.274 e. The number of hydrogen-bond donors (Lipinski definition) is 4. The molecule has 0 atom stereocenters. The summed E-state index contributed by atoms with van der Waals surface area (Å²) in [5.41, 5.74) is 5.70. The second kappa shape index (κ2) is 10.4. The van der Waals surface area contributed by atoms with Gasteiger partial charge in [-0.15, -0.1) is 0 Å². The molecular formula is C32H22N8O2. The number of aromatic nitrogens is 6. The van der Waals surface area contributed by atoms with Crippen molar-refractivity contribution < 1.29 is 9.59 Å². The summed E-state index contributed by atoms with van der Waals surface area (Å²) in [6.07, 6.45) is 0. The van der Waals surface area contributed by atoms with Crippen LogP contribution in [0.1, 0.15) is 21.0 Å². The molecule has 10 heteroatoms. The Morgan fingerprint density at radius 3 is 1.36 bits per heavy atom. The second-order valence-electron chi connectivity index (χ2n) is 9.48. The Balaban J connectivity index is 1.10. The molecule has 10 nitrogen and oxygen atoms in total. The summed E-state index contributed by atoms with van der Waals surface area (Å²) in [7, 11) is 0. The quantitative estimate of drug-likeness (QED) is 0.198. The first-order chi connectivity index (χ1) is 20.6. The largest absolute Gasteiger partial charge is 0.337 e. The fraction of sp³-hybridized carbons (Fsp3) is 0. The number of nitrogens with one attached hydrogen (secondary N) is 4. The number of hydrogen-bond acceptors (Lipinski definition) is 6. The standard InChI is InChI=1S/C32H22N8O2/c41-31(27-17-7-15-25(33-27)29-35-19-9-1-2-10-20(19)36-29)39-23-13-5-6-14-24(23)40-32(42)28-18-8-16-26(34-28)30-37-21-11-3-4-12-22(21)38-30/h1-18H,(H,35,36)(H,37,38)(H,39,41)(H,40,42). The zero-order valence-corrected chi connectivity index (χ0v) is 22.0. The number of fused-ring (bicyclic) bond motifs is 2. The minimum absolute atomic E-state index is 0.203. The third-order valence-electron chi connectivity index (χ3n) is 6.65. The fourth-order valence-corrected chi connectivity index (χ4v) is 4.61. The van der Waals surface area contributed by atoms with Crippen molar-refractivity contribution in [3.05, 3.63) is 121 Å². The maximum absolute atomic E-state index is 13.2. The first-order valence-corrected chi connectivity index (χ1v) is 13.2. The van der Waals surface area contributed by atoms with Crippen LogP contribution in [-0.4, -0.2) is 41.7 Å². The number of benzene rings is 3. The van der Waals surface area contributed by atoms with Crippen molar-refractivity contribution in [1.29, 1.82) is 0 Å². The number of aromatic amines is 2. The van der Waals surface area contributed by atoms with E-state index in [1.807, 2.05) is 48.5 Å². The minimum Gasteiger partial charge on any atom is -0.337 e. The van der Waals surface area contributed by atoms with Crippen LogP contribution < -0.4 is 10.6 Å². The fourth-order valence-electron chi connectivity index (χ4n) is 4.61. The summed E-state index contributed by atoms with van der Waals surface area (Å²) in [5.74, 6) is 0.270. The summed E-state index contributed by atoms with van der Waals surface area (Å²) in [6.45, 7) is 0. The highest BCUT2D eigenvalue weighted by atomic mass is 16.2. The smallest absolute Gasteiger partial charge is 0.274 e. The highest BCUT2D eigenvalue weighted by Gasteiger charge is 2.16. The third kappa shape index (κ3) is 4.84. The summed E-state index contributed by atoms with van der Waals surface area (Å²) < 4.78 is 0. The van der Waals surface area contributed by atoms with Gasteiger partial charge in [-0.25, -0.2) is 19.9 Å². The van der Waals surface area contributed by atoms with E-state index < -0.39 is 11.8 Å². The number of rotatable bonds is 6. The van der Waals surface area contributed by atoms with Gasteiger partial charge in [-0.05, 0) is 60.7 Å². The lowest BCUT2D eigenvalue weighted by molar-refractivity contribution is 0.101. The van der Waals surface area contributed by atoms with E-state index in [4.69, 9.17) is 0 Å². The lowest BCUT2D eigenvalue weighted by atomic mass is 10.2. The van der Waals surface area contributed by atoms with E-state index in [-0.39, 0.29) is 11.4 Å². The molecular weight excluding hydrogens is 528 g/mol. The summed E-state index contributed by atoms with van der Waals surface area (Å²) in [5, 5.41) is 5.72. The average molecular weight is 551 g/mol. The normalized spacial score (nSPS) is 11.0. The number of carbonyl (C=O) groups excluding carboxylic acids is 2. The second-order valence-corrected chi connectivity index (χ2v) is 9.48. The van der Waals surface area contributed by atoms with E-state index in [1.165, 1.54) is 0 Å². The van der Waals surface area contributed by atoms with Crippen LogP contribution in [0.5, 0.6) is 0 Å². The molecule has 4 heterocycles. The number of anilines is 2. The molecule has 4 aromatic heterocycles. The van der Waals surface area contributed by atoms with Gasteiger partial charge in [-0.2, -0.15) is 0 Å². The van der Waals surface area contributed by atoms with Gasteiger partial charge < -0.3 is 20.6 Å². The highest BCUT2D eigenvalue weighted by molar-refractivity contribution is 6.09. The topological polar surface area (TPSA) is 141 Å². The number of H-pyrrole nitrogens is 2. The zero-order chi connectivity index (χ0) is 28.5. The van der Waals surface area contributed by atoms with Gasteiger partial charge in [0.1, 0.15) is 22.8 Å². The predicted molar refractivity (Wildman–Crippen MR) is 161 cm³/mol.